The monoisotopic (exact) mass is 475 g/mol. The van der Waals surface area contributed by atoms with Crippen molar-refractivity contribution in [3.05, 3.63) is 83.4 Å². The maximum atomic E-state index is 12.7. The van der Waals surface area contributed by atoms with Crippen LogP contribution in [0.4, 0.5) is 0 Å². The molecule has 9 nitrogen and oxygen atoms in total. The summed E-state index contributed by atoms with van der Waals surface area (Å²) >= 11 is 0. The summed E-state index contributed by atoms with van der Waals surface area (Å²) in [5.74, 6) is 0.317. The zero-order valence-electron chi connectivity index (χ0n) is 19.4. The van der Waals surface area contributed by atoms with E-state index in [1.54, 1.807) is 43.5 Å². The molecule has 0 aliphatic rings. The minimum Gasteiger partial charge on any atom is -0.507 e. The molecule has 0 radical (unpaired) electrons. The lowest BCUT2D eigenvalue weighted by Gasteiger charge is -2.08. The molecule has 2 aromatic carbocycles. The topological polar surface area (TPSA) is 115 Å². The van der Waals surface area contributed by atoms with Gasteiger partial charge in [0.2, 0.25) is 0 Å². The fourth-order valence-corrected chi connectivity index (χ4v) is 3.73. The van der Waals surface area contributed by atoms with Crippen LogP contribution in [0.5, 0.6) is 11.5 Å². The Bertz CT molecular complexity index is 1370. The van der Waals surface area contributed by atoms with E-state index in [0.717, 1.165) is 17.0 Å². The number of rotatable bonds is 9. The molecular formula is C26H25N3O6. The molecule has 35 heavy (non-hydrogen) atoms. The number of aromatic hydroxyl groups is 1. The molecule has 9 heteroatoms. The number of carbonyl (C=O) groups is 2. The van der Waals surface area contributed by atoms with Crippen LogP contribution >= 0.6 is 0 Å². The van der Waals surface area contributed by atoms with Crippen LogP contribution in [0.1, 0.15) is 34.3 Å². The number of hydrogen-bond donors (Lipinski definition) is 2. The third kappa shape index (κ3) is 5.35. The van der Waals surface area contributed by atoms with E-state index in [-0.39, 0.29) is 19.0 Å². The number of nitrogens with zero attached hydrogens (tertiary/aromatic N) is 2. The fourth-order valence-electron chi connectivity index (χ4n) is 3.73. The molecule has 2 heterocycles. The number of ether oxygens (including phenoxy) is 2. The number of furan rings is 1. The predicted molar refractivity (Wildman–Crippen MR) is 130 cm³/mol. The normalized spacial score (nSPS) is 11.1. The van der Waals surface area contributed by atoms with Crippen LogP contribution in [0.2, 0.25) is 0 Å². The van der Waals surface area contributed by atoms with Crippen LogP contribution < -0.4 is 10.2 Å². The second-order valence-corrected chi connectivity index (χ2v) is 7.67. The van der Waals surface area contributed by atoms with Crippen molar-refractivity contribution in [1.82, 2.24) is 9.99 Å². The number of esters is 1. The number of para-hydroxylation sites is 1. The highest BCUT2D eigenvalue weighted by Crippen LogP contribution is 2.31. The Labute approximate surface area is 201 Å². The van der Waals surface area contributed by atoms with Gasteiger partial charge >= 0.3 is 5.97 Å². The van der Waals surface area contributed by atoms with Crippen LogP contribution in [-0.4, -0.2) is 41.0 Å². The van der Waals surface area contributed by atoms with Gasteiger partial charge in [-0.15, -0.1) is 0 Å². The van der Waals surface area contributed by atoms with Gasteiger partial charge in [-0.25, -0.2) is 10.2 Å². The highest BCUT2D eigenvalue weighted by atomic mass is 16.5. The smallest absolute Gasteiger partial charge is 0.340 e. The van der Waals surface area contributed by atoms with Gasteiger partial charge in [0.05, 0.1) is 31.2 Å². The fraction of sp³-hybridized carbons (Fsp3) is 0.192. The van der Waals surface area contributed by atoms with Crippen LogP contribution in [0, 0.1) is 6.92 Å². The van der Waals surface area contributed by atoms with E-state index in [1.165, 1.54) is 12.3 Å². The molecule has 0 atom stereocenters. The van der Waals surface area contributed by atoms with Crippen molar-refractivity contribution in [2.24, 2.45) is 5.10 Å². The highest BCUT2D eigenvalue weighted by molar-refractivity contribution is 6.06. The van der Waals surface area contributed by atoms with E-state index >= 15 is 0 Å². The summed E-state index contributed by atoms with van der Waals surface area (Å²) in [6, 6.07) is 15.6. The van der Waals surface area contributed by atoms with Gasteiger partial charge < -0.3 is 23.6 Å². The summed E-state index contributed by atoms with van der Waals surface area (Å²) in [4.78, 5) is 24.9. The molecule has 0 unspecified atom stereocenters. The molecule has 2 N–H and O–H groups in total. The van der Waals surface area contributed by atoms with Gasteiger partial charge in [0.15, 0.2) is 6.61 Å². The van der Waals surface area contributed by atoms with E-state index in [4.69, 9.17) is 13.9 Å². The first-order valence-electron chi connectivity index (χ1n) is 11.0. The van der Waals surface area contributed by atoms with Gasteiger partial charge in [-0.2, -0.15) is 5.10 Å². The standard InChI is InChI=1S/C26H25N3O6/c1-3-33-26(32)25-17(2)29(15-20-8-6-12-34-20)22-11-10-19(13-21(22)25)35-16-24(31)28-27-14-18-7-4-5-9-23(18)30/h4-14,30H,3,15-16H2,1-2H3,(H,28,31)/b27-14-. The first-order chi connectivity index (χ1) is 17.0. The van der Waals surface area contributed by atoms with Gasteiger partial charge in [-0.05, 0) is 56.3 Å². The third-order valence-electron chi connectivity index (χ3n) is 5.37. The van der Waals surface area contributed by atoms with Crippen molar-refractivity contribution >= 4 is 29.0 Å². The highest BCUT2D eigenvalue weighted by Gasteiger charge is 2.22. The Balaban J connectivity index is 1.51. The molecule has 0 bridgehead atoms. The molecule has 0 spiro atoms. The largest absolute Gasteiger partial charge is 0.507 e. The lowest BCUT2D eigenvalue weighted by Crippen LogP contribution is -2.24. The average molecular weight is 476 g/mol. The molecule has 0 aliphatic carbocycles. The van der Waals surface area contributed by atoms with E-state index in [0.29, 0.717) is 28.8 Å². The summed E-state index contributed by atoms with van der Waals surface area (Å²) in [6.07, 6.45) is 2.95. The van der Waals surface area contributed by atoms with Gasteiger partial charge in [0, 0.05) is 22.2 Å². The molecule has 0 aliphatic heterocycles. The van der Waals surface area contributed by atoms with Crippen LogP contribution in [0.15, 0.2) is 70.4 Å². The van der Waals surface area contributed by atoms with Crippen molar-refractivity contribution in [1.29, 1.82) is 0 Å². The molecule has 2 aromatic heterocycles. The van der Waals surface area contributed by atoms with Gasteiger partial charge in [-0.1, -0.05) is 12.1 Å². The Hall–Kier alpha value is -4.53. The summed E-state index contributed by atoms with van der Waals surface area (Å²) in [6.45, 7) is 4.02. The van der Waals surface area contributed by atoms with Crippen LogP contribution in [0.3, 0.4) is 0 Å². The minimum atomic E-state index is -0.478. The summed E-state index contributed by atoms with van der Waals surface area (Å²) < 4.78 is 18.4. The van der Waals surface area contributed by atoms with Crippen molar-refractivity contribution in [3.8, 4) is 11.5 Å². The maximum Gasteiger partial charge on any atom is 0.340 e. The van der Waals surface area contributed by atoms with Crippen molar-refractivity contribution in [2.45, 2.75) is 20.4 Å². The van der Waals surface area contributed by atoms with Gasteiger partial charge in [0.25, 0.3) is 5.91 Å². The Morgan fingerprint density at radius 2 is 2.00 bits per heavy atom. The lowest BCUT2D eigenvalue weighted by molar-refractivity contribution is -0.123. The van der Waals surface area contributed by atoms with Crippen LogP contribution in [0.25, 0.3) is 10.9 Å². The van der Waals surface area contributed by atoms with Crippen molar-refractivity contribution < 1.29 is 28.6 Å². The Kier molecular flexibility index (Phi) is 7.15. The van der Waals surface area contributed by atoms with E-state index in [9.17, 15) is 14.7 Å². The molecule has 1 amide bonds. The second-order valence-electron chi connectivity index (χ2n) is 7.67. The average Bonchev–Trinajstić information content (AvgIpc) is 3.45. The first kappa shape index (κ1) is 23.6. The Morgan fingerprint density at radius 3 is 2.74 bits per heavy atom. The number of fused-ring (bicyclic) bond motifs is 1. The lowest BCUT2D eigenvalue weighted by atomic mass is 10.1. The number of hydrazone groups is 1. The summed E-state index contributed by atoms with van der Waals surface area (Å²) in [5, 5.41) is 14.2. The van der Waals surface area contributed by atoms with Gasteiger partial charge in [-0.3, -0.25) is 4.79 Å². The summed E-state index contributed by atoms with van der Waals surface area (Å²) in [7, 11) is 0. The number of nitrogens with one attached hydrogen (secondary N) is 1. The SMILES string of the molecule is CCOC(=O)c1c(C)n(Cc2ccco2)c2ccc(OCC(=O)N/N=C\c3ccccc3O)cc12. The predicted octanol–water partition coefficient (Wildman–Crippen LogP) is 4.00. The number of phenolic OH excluding ortho intramolecular Hbond substituents is 1. The number of phenols is 1. The minimum absolute atomic E-state index is 0.0572. The molecule has 0 saturated carbocycles. The van der Waals surface area contributed by atoms with Gasteiger partial charge in [0.1, 0.15) is 17.3 Å². The molecule has 0 saturated heterocycles. The van der Waals surface area contributed by atoms with E-state index in [2.05, 4.69) is 10.5 Å². The quantitative estimate of drug-likeness (QED) is 0.215. The maximum absolute atomic E-state index is 12.7. The number of amides is 1. The molecule has 0 fully saturated rings. The summed E-state index contributed by atoms with van der Waals surface area (Å²) in [5.41, 5.74) is 4.82. The number of hydrogen-bond acceptors (Lipinski definition) is 7. The zero-order valence-corrected chi connectivity index (χ0v) is 19.4. The second kappa shape index (κ2) is 10.6. The van der Waals surface area contributed by atoms with E-state index in [1.807, 2.05) is 29.7 Å². The molecule has 180 valence electrons. The third-order valence-corrected chi connectivity index (χ3v) is 5.37. The molecular weight excluding hydrogens is 450 g/mol. The van der Waals surface area contributed by atoms with Crippen molar-refractivity contribution in [2.75, 3.05) is 13.2 Å². The van der Waals surface area contributed by atoms with E-state index < -0.39 is 11.9 Å². The zero-order chi connectivity index (χ0) is 24.8. The number of benzene rings is 2. The first-order valence-corrected chi connectivity index (χ1v) is 11.0. The molecule has 4 aromatic rings. The number of carbonyl (C=O) groups excluding carboxylic acids is 2. The number of aromatic nitrogens is 1. The van der Waals surface area contributed by atoms with Crippen LogP contribution in [-0.2, 0) is 16.1 Å². The molecule has 4 rings (SSSR count). The Morgan fingerprint density at radius 1 is 1.17 bits per heavy atom. The van der Waals surface area contributed by atoms with Crippen molar-refractivity contribution in [3.63, 3.8) is 0 Å².